The lowest BCUT2D eigenvalue weighted by molar-refractivity contribution is -0.142. The minimum Gasteiger partial charge on any atom is -0.396 e. The van der Waals surface area contributed by atoms with E-state index >= 15 is 0 Å². The van der Waals surface area contributed by atoms with Gasteiger partial charge in [-0.05, 0) is 25.3 Å². The van der Waals surface area contributed by atoms with Crippen molar-refractivity contribution in [2.45, 2.75) is 50.9 Å². The van der Waals surface area contributed by atoms with Gasteiger partial charge in [-0.25, -0.2) is 0 Å². The summed E-state index contributed by atoms with van der Waals surface area (Å²) in [4.78, 5) is 0. The molecule has 0 radical (unpaired) electrons. The first-order chi connectivity index (χ1) is 11.0. The monoisotopic (exact) mass is 328 g/mol. The Morgan fingerprint density at radius 1 is 1.22 bits per heavy atom. The van der Waals surface area contributed by atoms with Crippen LogP contribution >= 0.6 is 0 Å². The maximum atomic E-state index is 13.0. The summed E-state index contributed by atoms with van der Waals surface area (Å²) in [6.45, 7) is -0.153. The van der Waals surface area contributed by atoms with Crippen LogP contribution in [-0.4, -0.2) is 31.3 Å². The summed E-state index contributed by atoms with van der Waals surface area (Å²) in [5, 5.41) is 17.0. The number of aliphatic hydroxyl groups excluding tert-OH is 1. The fourth-order valence-corrected chi connectivity index (χ4v) is 3.09. The molecule has 0 aliphatic heterocycles. The number of aliphatic hydroxyl groups is 1. The first-order valence-corrected chi connectivity index (χ1v) is 7.76. The van der Waals surface area contributed by atoms with Gasteiger partial charge in [0, 0.05) is 24.6 Å². The number of alkyl halides is 3. The molecule has 0 unspecified atom stereocenters. The summed E-state index contributed by atoms with van der Waals surface area (Å²) in [6, 6.07) is 2.22. The van der Waals surface area contributed by atoms with Gasteiger partial charge in [0.2, 0.25) is 0 Å². The molecule has 0 amide bonds. The Bertz CT molecular complexity index is 656. The van der Waals surface area contributed by atoms with Crippen molar-refractivity contribution in [1.82, 2.24) is 19.6 Å². The molecule has 0 bridgehead atoms. The SMILES string of the molecule is OCCc1cn(Cc2ccn(C3CCCC3)n2)nc1C(F)(F)F. The highest BCUT2D eigenvalue weighted by atomic mass is 19.4. The topological polar surface area (TPSA) is 55.9 Å². The molecule has 1 N–H and O–H groups in total. The Morgan fingerprint density at radius 2 is 1.96 bits per heavy atom. The van der Waals surface area contributed by atoms with Crippen molar-refractivity contribution in [2.24, 2.45) is 0 Å². The Balaban J connectivity index is 1.77. The van der Waals surface area contributed by atoms with E-state index in [9.17, 15) is 13.2 Å². The van der Waals surface area contributed by atoms with Crippen molar-refractivity contribution in [3.63, 3.8) is 0 Å². The molecule has 5 nitrogen and oxygen atoms in total. The van der Waals surface area contributed by atoms with Crippen LogP contribution in [0, 0.1) is 0 Å². The van der Waals surface area contributed by atoms with Crippen LogP contribution in [0.5, 0.6) is 0 Å². The predicted octanol–water partition coefficient (Wildman–Crippen LogP) is 2.80. The summed E-state index contributed by atoms with van der Waals surface area (Å²) >= 11 is 0. The summed E-state index contributed by atoms with van der Waals surface area (Å²) in [5.74, 6) is 0. The van der Waals surface area contributed by atoms with Gasteiger partial charge in [0.15, 0.2) is 5.69 Å². The van der Waals surface area contributed by atoms with Crippen molar-refractivity contribution < 1.29 is 18.3 Å². The van der Waals surface area contributed by atoms with Crippen molar-refractivity contribution >= 4 is 0 Å². The van der Waals surface area contributed by atoms with Crippen molar-refractivity contribution in [2.75, 3.05) is 6.61 Å². The van der Waals surface area contributed by atoms with Crippen LogP contribution in [0.2, 0.25) is 0 Å². The minimum absolute atomic E-state index is 0.00947. The molecular weight excluding hydrogens is 309 g/mol. The largest absolute Gasteiger partial charge is 0.435 e. The Labute approximate surface area is 131 Å². The van der Waals surface area contributed by atoms with Crippen LogP contribution in [0.25, 0.3) is 0 Å². The van der Waals surface area contributed by atoms with Gasteiger partial charge < -0.3 is 5.11 Å². The number of hydrogen-bond donors (Lipinski definition) is 1. The quantitative estimate of drug-likeness (QED) is 0.918. The second-order valence-corrected chi connectivity index (χ2v) is 5.90. The third-order valence-corrected chi connectivity index (χ3v) is 4.17. The molecule has 1 aliphatic carbocycles. The molecule has 23 heavy (non-hydrogen) atoms. The fourth-order valence-electron chi connectivity index (χ4n) is 3.09. The molecule has 8 heteroatoms. The molecular formula is C15H19F3N4O. The van der Waals surface area contributed by atoms with E-state index in [0.29, 0.717) is 11.7 Å². The van der Waals surface area contributed by atoms with Gasteiger partial charge in [-0.15, -0.1) is 0 Å². The number of hydrogen-bond acceptors (Lipinski definition) is 3. The van der Waals surface area contributed by atoms with Crippen molar-refractivity contribution in [1.29, 1.82) is 0 Å². The van der Waals surface area contributed by atoms with Gasteiger partial charge in [-0.3, -0.25) is 9.36 Å². The average Bonchev–Trinajstić information content (AvgIpc) is 3.18. The number of halogens is 3. The van der Waals surface area contributed by atoms with Crippen molar-refractivity contribution in [3.8, 4) is 0 Å². The highest BCUT2D eigenvalue weighted by molar-refractivity contribution is 5.21. The zero-order valence-electron chi connectivity index (χ0n) is 12.6. The van der Waals surface area contributed by atoms with Crippen LogP contribution in [0.3, 0.4) is 0 Å². The lowest BCUT2D eigenvalue weighted by Gasteiger charge is -2.08. The highest BCUT2D eigenvalue weighted by Crippen LogP contribution is 2.31. The van der Waals surface area contributed by atoms with E-state index in [1.54, 1.807) is 0 Å². The van der Waals surface area contributed by atoms with Crippen LogP contribution in [0.15, 0.2) is 18.5 Å². The molecule has 126 valence electrons. The lowest BCUT2D eigenvalue weighted by atomic mass is 10.2. The maximum Gasteiger partial charge on any atom is 0.435 e. The third kappa shape index (κ3) is 3.57. The second-order valence-electron chi connectivity index (χ2n) is 5.90. The predicted molar refractivity (Wildman–Crippen MR) is 76.9 cm³/mol. The van der Waals surface area contributed by atoms with Crippen LogP contribution in [-0.2, 0) is 19.1 Å². The zero-order valence-corrected chi connectivity index (χ0v) is 12.6. The van der Waals surface area contributed by atoms with Gasteiger partial charge in [-0.1, -0.05) is 12.8 Å². The maximum absolute atomic E-state index is 13.0. The first-order valence-electron chi connectivity index (χ1n) is 7.76. The fraction of sp³-hybridized carbons (Fsp3) is 0.600. The molecule has 2 aromatic rings. The molecule has 0 saturated heterocycles. The molecule has 1 fully saturated rings. The molecule has 0 aromatic carbocycles. The average molecular weight is 328 g/mol. The normalized spacial score (nSPS) is 16.3. The number of aromatic nitrogens is 4. The van der Waals surface area contributed by atoms with E-state index < -0.39 is 11.9 Å². The van der Waals surface area contributed by atoms with Crippen LogP contribution < -0.4 is 0 Å². The van der Waals surface area contributed by atoms with E-state index in [1.165, 1.54) is 23.7 Å². The highest BCUT2D eigenvalue weighted by Gasteiger charge is 2.36. The zero-order chi connectivity index (χ0) is 16.4. The van der Waals surface area contributed by atoms with Crippen molar-refractivity contribution in [3.05, 3.63) is 35.4 Å². The van der Waals surface area contributed by atoms with E-state index in [4.69, 9.17) is 5.11 Å². The van der Waals surface area contributed by atoms with E-state index in [-0.39, 0.29) is 25.1 Å². The summed E-state index contributed by atoms with van der Waals surface area (Å²) in [7, 11) is 0. The Hall–Kier alpha value is -1.83. The van der Waals surface area contributed by atoms with Gasteiger partial charge in [0.25, 0.3) is 0 Å². The van der Waals surface area contributed by atoms with Gasteiger partial charge in [0.05, 0.1) is 18.3 Å². The Kier molecular flexibility index (Phi) is 4.43. The van der Waals surface area contributed by atoms with E-state index in [1.807, 2.05) is 16.9 Å². The lowest BCUT2D eigenvalue weighted by Crippen LogP contribution is -2.11. The number of rotatable bonds is 5. The standard InChI is InChI=1S/C15H19F3N4O/c16-15(17,18)14-11(6-8-23)9-21(20-14)10-12-5-7-22(19-12)13-3-1-2-4-13/h5,7,9,13,23H,1-4,6,8,10H2. The molecule has 2 heterocycles. The third-order valence-electron chi connectivity index (χ3n) is 4.17. The molecule has 2 aromatic heterocycles. The smallest absolute Gasteiger partial charge is 0.396 e. The van der Waals surface area contributed by atoms with E-state index in [0.717, 1.165) is 12.8 Å². The minimum atomic E-state index is -4.51. The second kappa shape index (κ2) is 6.35. The first kappa shape index (κ1) is 16.0. The summed E-state index contributed by atoms with van der Waals surface area (Å²) in [6.07, 6.45) is 3.23. The molecule has 3 rings (SSSR count). The van der Waals surface area contributed by atoms with Crippen LogP contribution in [0.4, 0.5) is 13.2 Å². The van der Waals surface area contributed by atoms with E-state index in [2.05, 4.69) is 10.2 Å². The summed E-state index contributed by atoms with van der Waals surface area (Å²) < 4.78 is 42.0. The van der Waals surface area contributed by atoms with Gasteiger partial charge in [0.1, 0.15) is 0 Å². The number of nitrogens with zero attached hydrogens (tertiary/aromatic N) is 4. The molecule has 0 spiro atoms. The molecule has 1 aliphatic rings. The molecule has 1 saturated carbocycles. The van der Waals surface area contributed by atoms with Gasteiger partial charge in [-0.2, -0.15) is 23.4 Å². The van der Waals surface area contributed by atoms with Crippen LogP contribution in [0.1, 0.15) is 48.7 Å². The Morgan fingerprint density at radius 3 is 2.61 bits per heavy atom. The van der Waals surface area contributed by atoms with Gasteiger partial charge >= 0.3 is 6.18 Å². The summed E-state index contributed by atoms with van der Waals surface area (Å²) in [5.41, 5.74) is -0.235. The molecule has 0 atom stereocenters.